The van der Waals surface area contributed by atoms with Crippen molar-refractivity contribution >= 4 is 22.6 Å². The van der Waals surface area contributed by atoms with Gasteiger partial charge in [0.05, 0.1) is 0 Å². The van der Waals surface area contributed by atoms with Gasteiger partial charge in [0.25, 0.3) is 0 Å². The maximum Gasteiger partial charge on any atom is 0.0266 e. The Labute approximate surface area is 74.8 Å². The molecule has 0 saturated carbocycles. The summed E-state index contributed by atoms with van der Waals surface area (Å²) in [6.45, 7) is 1.99. The summed E-state index contributed by atoms with van der Waals surface area (Å²) in [4.78, 5) is 0. The van der Waals surface area contributed by atoms with Crippen LogP contribution in [0, 0.1) is 3.57 Å². The van der Waals surface area contributed by atoms with Gasteiger partial charge in [-0.3, -0.25) is 0 Å². The van der Waals surface area contributed by atoms with Crippen molar-refractivity contribution in [1.82, 2.24) is 0 Å². The van der Waals surface area contributed by atoms with Crippen molar-refractivity contribution in [1.29, 1.82) is 0 Å². The lowest BCUT2D eigenvalue weighted by Crippen LogP contribution is -2.04. The minimum absolute atomic E-state index is 0.148. The van der Waals surface area contributed by atoms with Crippen LogP contribution in [-0.2, 0) is 0 Å². The lowest BCUT2D eigenvalue weighted by atomic mass is 10.1. The molecule has 0 amide bonds. The van der Waals surface area contributed by atoms with E-state index >= 15 is 0 Å². The van der Waals surface area contributed by atoms with E-state index in [1.165, 1.54) is 9.13 Å². The zero-order chi connectivity index (χ0) is 7.56. The topological polar surface area (TPSA) is 26.0 Å². The Bertz CT molecular complexity index is 220. The van der Waals surface area contributed by atoms with E-state index in [4.69, 9.17) is 5.73 Å². The molecule has 1 rings (SSSR count). The molecule has 0 aliphatic carbocycles. The molecule has 0 saturated heterocycles. The summed E-state index contributed by atoms with van der Waals surface area (Å²) in [6, 6.07) is 8.39. The number of halogens is 1. The molecule has 1 aromatic carbocycles. The Balaban J connectivity index is 2.96. The molecule has 0 aliphatic heterocycles. The highest BCUT2D eigenvalue weighted by atomic mass is 127. The van der Waals surface area contributed by atoms with Crippen LogP contribution in [0.3, 0.4) is 0 Å². The monoisotopic (exact) mass is 247 g/mol. The van der Waals surface area contributed by atoms with Crippen molar-refractivity contribution in [3.8, 4) is 0 Å². The Kier molecular flexibility index (Phi) is 2.68. The normalized spacial score (nSPS) is 13.1. The lowest BCUT2D eigenvalue weighted by molar-refractivity contribution is 0.817. The first kappa shape index (κ1) is 8.01. The Hall–Kier alpha value is -0.0900. The van der Waals surface area contributed by atoms with Crippen LogP contribution in [0.2, 0.25) is 0 Å². The molecule has 10 heavy (non-hydrogen) atoms. The van der Waals surface area contributed by atoms with E-state index in [0.717, 1.165) is 0 Å². The summed E-state index contributed by atoms with van der Waals surface area (Å²) in [5.41, 5.74) is 6.88. The standard InChI is InChI=1S/C8H10IN/c1-6(10)7-3-2-4-8(9)5-7/h2-6H,10H2,1H3/t6-/m0/s1. The van der Waals surface area contributed by atoms with E-state index in [0.29, 0.717) is 0 Å². The van der Waals surface area contributed by atoms with Crippen LogP contribution in [0.25, 0.3) is 0 Å². The predicted molar refractivity (Wildman–Crippen MR) is 51.8 cm³/mol. The minimum atomic E-state index is 0.148. The average Bonchev–Trinajstić information content (AvgIpc) is 1.88. The largest absolute Gasteiger partial charge is 0.324 e. The van der Waals surface area contributed by atoms with Gasteiger partial charge in [0, 0.05) is 9.61 Å². The second kappa shape index (κ2) is 3.34. The van der Waals surface area contributed by atoms with Gasteiger partial charge in [0.2, 0.25) is 0 Å². The fraction of sp³-hybridized carbons (Fsp3) is 0.250. The zero-order valence-electron chi connectivity index (χ0n) is 5.84. The van der Waals surface area contributed by atoms with E-state index in [1.54, 1.807) is 0 Å². The minimum Gasteiger partial charge on any atom is -0.324 e. The number of rotatable bonds is 1. The molecular weight excluding hydrogens is 237 g/mol. The summed E-state index contributed by atoms with van der Waals surface area (Å²) in [7, 11) is 0. The Morgan fingerprint density at radius 3 is 2.60 bits per heavy atom. The first-order chi connectivity index (χ1) is 4.70. The third kappa shape index (κ3) is 1.95. The van der Waals surface area contributed by atoms with Gasteiger partial charge in [0.1, 0.15) is 0 Å². The smallest absolute Gasteiger partial charge is 0.0266 e. The van der Waals surface area contributed by atoms with Crippen LogP contribution >= 0.6 is 22.6 Å². The molecule has 0 spiro atoms. The van der Waals surface area contributed by atoms with Crippen molar-refractivity contribution in [3.05, 3.63) is 33.4 Å². The zero-order valence-corrected chi connectivity index (χ0v) is 8.00. The third-order valence-electron chi connectivity index (χ3n) is 1.37. The summed E-state index contributed by atoms with van der Waals surface area (Å²) in [6.07, 6.45) is 0. The van der Waals surface area contributed by atoms with Gasteiger partial charge < -0.3 is 5.73 Å². The molecule has 0 bridgehead atoms. The second-order valence-corrected chi connectivity index (χ2v) is 3.59. The SMILES string of the molecule is C[C@H](N)c1cccc(I)c1. The van der Waals surface area contributed by atoms with E-state index in [9.17, 15) is 0 Å². The molecule has 1 nitrogen and oxygen atoms in total. The van der Waals surface area contributed by atoms with Crippen LogP contribution < -0.4 is 5.73 Å². The fourth-order valence-corrected chi connectivity index (χ4v) is 1.36. The van der Waals surface area contributed by atoms with Gasteiger partial charge in [0.15, 0.2) is 0 Å². The number of hydrogen-bond donors (Lipinski definition) is 1. The van der Waals surface area contributed by atoms with Crippen LogP contribution in [0.4, 0.5) is 0 Å². The highest BCUT2D eigenvalue weighted by Crippen LogP contribution is 2.12. The molecule has 0 radical (unpaired) electrons. The third-order valence-corrected chi connectivity index (χ3v) is 2.05. The molecular formula is C8H10IN. The molecule has 0 fully saturated rings. The Morgan fingerprint density at radius 1 is 1.50 bits per heavy atom. The molecule has 0 unspecified atom stereocenters. The molecule has 0 heterocycles. The number of hydrogen-bond acceptors (Lipinski definition) is 1. The van der Waals surface area contributed by atoms with Gasteiger partial charge >= 0.3 is 0 Å². The summed E-state index contributed by atoms with van der Waals surface area (Å²) in [5.74, 6) is 0. The molecule has 1 atom stereocenters. The summed E-state index contributed by atoms with van der Waals surface area (Å²) >= 11 is 2.28. The van der Waals surface area contributed by atoms with Crippen LogP contribution in [0.1, 0.15) is 18.5 Å². The fourth-order valence-electron chi connectivity index (χ4n) is 0.790. The second-order valence-electron chi connectivity index (χ2n) is 2.34. The summed E-state index contributed by atoms with van der Waals surface area (Å²) in [5, 5.41) is 0. The van der Waals surface area contributed by atoms with Crippen LogP contribution in [0.15, 0.2) is 24.3 Å². The van der Waals surface area contributed by atoms with Crippen molar-refractivity contribution in [2.45, 2.75) is 13.0 Å². The number of nitrogens with two attached hydrogens (primary N) is 1. The maximum atomic E-state index is 5.68. The first-order valence-electron chi connectivity index (χ1n) is 3.21. The first-order valence-corrected chi connectivity index (χ1v) is 4.29. The quantitative estimate of drug-likeness (QED) is 0.757. The van der Waals surface area contributed by atoms with Crippen molar-refractivity contribution in [2.24, 2.45) is 5.73 Å². The van der Waals surface area contributed by atoms with Gasteiger partial charge in [-0.05, 0) is 47.2 Å². The van der Waals surface area contributed by atoms with E-state index in [-0.39, 0.29) is 6.04 Å². The molecule has 0 aliphatic rings. The highest BCUT2D eigenvalue weighted by molar-refractivity contribution is 14.1. The van der Waals surface area contributed by atoms with Crippen molar-refractivity contribution in [3.63, 3.8) is 0 Å². The molecule has 0 aromatic heterocycles. The van der Waals surface area contributed by atoms with Gasteiger partial charge in [-0.25, -0.2) is 0 Å². The summed E-state index contributed by atoms with van der Waals surface area (Å²) < 4.78 is 1.24. The molecule has 1 aromatic rings. The highest BCUT2D eigenvalue weighted by Gasteiger charge is 1.97. The van der Waals surface area contributed by atoms with Crippen LogP contribution in [-0.4, -0.2) is 0 Å². The van der Waals surface area contributed by atoms with Gasteiger partial charge in [-0.2, -0.15) is 0 Å². The van der Waals surface area contributed by atoms with Crippen molar-refractivity contribution in [2.75, 3.05) is 0 Å². The maximum absolute atomic E-state index is 5.68. The molecule has 2 N–H and O–H groups in total. The van der Waals surface area contributed by atoms with E-state index < -0.39 is 0 Å². The average molecular weight is 247 g/mol. The molecule has 54 valence electrons. The molecule has 2 heteroatoms. The van der Waals surface area contributed by atoms with E-state index in [1.807, 2.05) is 19.1 Å². The lowest BCUT2D eigenvalue weighted by Gasteiger charge is -2.04. The van der Waals surface area contributed by atoms with E-state index in [2.05, 4.69) is 34.7 Å². The van der Waals surface area contributed by atoms with Gasteiger partial charge in [-0.15, -0.1) is 0 Å². The number of benzene rings is 1. The Morgan fingerprint density at radius 2 is 2.20 bits per heavy atom. The predicted octanol–water partition coefficient (Wildman–Crippen LogP) is 2.31. The van der Waals surface area contributed by atoms with Gasteiger partial charge in [-0.1, -0.05) is 12.1 Å². The van der Waals surface area contributed by atoms with Crippen LogP contribution in [0.5, 0.6) is 0 Å². The van der Waals surface area contributed by atoms with Crippen molar-refractivity contribution < 1.29 is 0 Å².